The molecule has 2 amide bonds. The maximum atomic E-state index is 13.9. The van der Waals surface area contributed by atoms with Gasteiger partial charge in [0.05, 0.1) is 19.3 Å². The van der Waals surface area contributed by atoms with Gasteiger partial charge in [-0.15, -0.1) is 11.3 Å². The van der Waals surface area contributed by atoms with Gasteiger partial charge in [0.25, 0.3) is 5.91 Å². The lowest BCUT2D eigenvalue weighted by Gasteiger charge is -2.37. The van der Waals surface area contributed by atoms with Gasteiger partial charge in [0, 0.05) is 30.1 Å². The summed E-state index contributed by atoms with van der Waals surface area (Å²) in [5.74, 6) is 1.14. The first-order valence-corrected chi connectivity index (χ1v) is 14.4. The third kappa shape index (κ3) is 6.28. The van der Waals surface area contributed by atoms with Gasteiger partial charge in [0.15, 0.2) is 0 Å². The molecule has 2 atom stereocenters. The highest BCUT2D eigenvalue weighted by atomic mass is 32.1. The number of fused-ring (bicyclic) bond motifs is 1. The van der Waals surface area contributed by atoms with Crippen LogP contribution < -0.4 is 9.47 Å². The molecule has 5 rings (SSSR count). The Morgan fingerprint density at radius 2 is 2.03 bits per heavy atom. The van der Waals surface area contributed by atoms with Crippen molar-refractivity contribution in [2.24, 2.45) is 0 Å². The molecule has 0 bridgehead atoms. The third-order valence-corrected chi connectivity index (χ3v) is 8.52. The van der Waals surface area contributed by atoms with E-state index in [4.69, 9.17) is 14.2 Å². The first kappa shape index (κ1) is 27.2. The van der Waals surface area contributed by atoms with Crippen molar-refractivity contribution in [3.8, 4) is 11.5 Å². The van der Waals surface area contributed by atoms with E-state index in [2.05, 4.69) is 24.4 Å². The number of amides is 2. The monoisotopic (exact) mass is 548 g/mol. The summed E-state index contributed by atoms with van der Waals surface area (Å²) in [6.07, 6.45) is 2.57. The van der Waals surface area contributed by atoms with Gasteiger partial charge in [0.1, 0.15) is 24.7 Å². The summed E-state index contributed by atoms with van der Waals surface area (Å²) >= 11 is 1.72. The Balaban J connectivity index is 1.36. The number of rotatable bonds is 9. The molecule has 0 aliphatic carbocycles. The van der Waals surface area contributed by atoms with Crippen molar-refractivity contribution in [2.45, 2.75) is 45.3 Å². The highest BCUT2D eigenvalue weighted by Crippen LogP contribution is 2.34. The van der Waals surface area contributed by atoms with Crippen LogP contribution in [0.2, 0.25) is 0 Å². The number of ether oxygens (including phenoxy) is 3. The van der Waals surface area contributed by atoms with E-state index in [0.717, 1.165) is 36.1 Å². The predicted octanol–water partition coefficient (Wildman–Crippen LogP) is 5.20. The van der Waals surface area contributed by atoms with E-state index in [0.29, 0.717) is 37.6 Å². The molecule has 39 heavy (non-hydrogen) atoms. The van der Waals surface area contributed by atoms with Gasteiger partial charge >= 0.3 is 0 Å². The van der Waals surface area contributed by atoms with Crippen LogP contribution in [0.1, 0.15) is 50.8 Å². The maximum Gasteiger partial charge on any atom is 0.254 e. The Kier molecular flexibility index (Phi) is 8.53. The Bertz CT molecular complexity index is 1320. The molecule has 1 fully saturated rings. The Hall–Kier alpha value is -3.36. The van der Waals surface area contributed by atoms with Crippen LogP contribution in [-0.4, -0.2) is 67.7 Å². The molecule has 0 spiro atoms. The smallest absolute Gasteiger partial charge is 0.254 e. The van der Waals surface area contributed by atoms with Crippen LogP contribution >= 0.6 is 11.3 Å². The number of thiophene rings is 1. The molecule has 3 aromatic rings. The molecule has 2 aromatic carbocycles. The summed E-state index contributed by atoms with van der Waals surface area (Å²) in [6, 6.07) is 15.1. The standard InChI is InChI=1S/C31H36N2O5S/c1-21-9-10-28(22(2)16-21)38-20-27-26-12-15-39-29(26)11-13-33(27)30(34)19-32(18-25-8-5-14-37-25)31(35)23-6-4-7-24(17-23)36-3/h4,6-7,9-10,12,15-17,25,27H,5,8,11,13-14,18-20H2,1-3H3/t25-,27+/m0/s1. The molecule has 2 aliphatic rings. The van der Waals surface area contributed by atoms with Crippen LogP contribution in [0, 0.1) is 13.8 Å². The van der Waals surface area contributed by atoms with E-state index in [1.54, 1.807) is 47.6 Å². The van der Waals surface area contributed by atoms with Crippen molar-refractivity contribution < 1.29 is 23.8 Å². The maximum absolute atomic E-state index is 13.9. The minimum Gasteiger partial charge on any atom is -0.497 e. The number of hydrogen-bond donors (Lipinski definition) is 0. The number of nitrogens with zero attached hydrogens (tertiary/aromatic N) is 2. The molecule has 8 heteroatoms. The second kappa shape index (κ2) is 12.2. The Labute approximate surface area is 234 Å². The highest BCUT2D eigenvalue weighted by molar-refractivity contribution is 7.10. The van der Waals surface area contributed by atoms with Gasteiger partial charge in [-0.2, -0.15) is 0 Å². The van der Waals surface area contributed by atoms with Gasteiger partial charge in [-0.25, -0.2) is 0 Å². The van der Waals surface area contributed by atoms with Crippen molar-refractivity contribution in [3.63, 3.8) is 0 Å². The summed E-state index contributed by atoms with van der Waals surface area (Å²) in [5.41, 5.74) is 3.88. The van der Waals surface area contributed by atoms with E-state index in [9.17, 15) is 9.59 Å². The first-order chi connectivity index (χ1) is 18.9. The molecule has 2 aliphatic heterocycles. The van der Waals surface area contributed by atoms with Gasteiger partial charge in [-0.1, -0.05) is 23.8 Å². The van der Waals surface area contributed by atoms with Crippen LogP contribution in [0.4, 0.5) is 0 Å². The van der Waals surface area contributed by atoms with Gasteiger partial charge in [0.2, 0.25) is 5.91 Å². The van der Waals surface area contributed by atoms with E-state index < -0.39 is 0 Å². The topological polar surface area (TPSA) is 68.3 Å². The normalized spacial score (nSPS) is 18.5. The van der Waals surface area contributed by atoms with Crippen molar-refractivity contribution in [1.29, 1.82) is 0 Å². The van der Waals surface area contributed by atoms with Gasteiger partial charge < -0.3 is 24.0 Å². The first-order valence-electron chi connectivity index (χ1n) is 13.5. The zero-order valence-electron chi connectivity index (χ0n) is 22.9. The van der Waals surface area contributed by atoms with Crippen molar-refractivity contribution >= 4 is 23.2 Å². The fourth-order valence-electron chi connectivity index (χ4n) is 5.45. The predicted molar refractivity (Wildman–Crippen MR) is 152 cm³/mol. The highest BCUT2D eigenvalue weighted by Gasteiger charge is 2.34. The van der Waals surface area contributed by atoms with E-state index in [1.807, 2.05) is 24.0 Å². The van der Waals surface area contributed by atoms with Crippen molar-refractivity contribution in [2.75, 3.05) is 40.0 Å². The van der Waals surface area contributed by atoms with Crippen molar-refractivity contribution in [3.05, 3.63) is 81.0 Å². The molecule has 1 saturated heterocycles. The van der Waals surface area contributed by atoms with Gasteiger partial charge in [-0.05, 0) is 79.9 Å². The lowest BCUT2D eigenvalue weighted by atomic mass is 10.00. The zero-order chi connectivity index (χ0) is 27.4. The van der Waals surface area contributed by atoms with Crippen molar-refractivity contribution in [1.82, 2.24) is 9.80 Å². The lowest BCUT2D eigenvalue weighted by Crippen LogP contribution is -2.49. The summed E-state index contributed by atoms with van der Waals surface area (Å²) < 4.78 is 17.5. The van der Waals surface area contributed by atoms with Crippen LogP contribution in [-0.2, 0) is 16.0 Å². The molecular formula is C31H36N2O5S. The number of carbonyl (C=O) groups excluding carboxylic acids is 2. The van der Waals surface area contributed by atoms with E-state index in [1.165, 1.54) is 10.4 Å². The van der Waals surface area contributed by atoms with Crippen LogP contribution in [0.3, 0.4) is 0 Å². The van der Waals surface area contributed by atoms with E-state index in [-0.39, 0.29) is 30.5 Å². The average Bonchev–Trinajstić information content (AvgIpc) is 3.64. The quantitative estimate of drug-likeness (QED) is 0.368. The molecule has 0 radical (unpaired) electrons. The molecule has 0 unspecified atom stereocenters. The van der Waals surface area contributed by atoms with Gasteiger partial charge in [-0.3, -0.25) is 9.59 Å². The van der Waals surface area contributed by atoms with E-state index >= 15 is 0 Å². The third-order valence-electron chi connectivity index (χ3n) is 7.52. The minimum absolute atomic E-state index is 0.0184. The van der Waals surface area contributed by atoms with Crippen LogP contribution in [0.5, 0.6) is 11.5 Å². The molecule has 1 aromatic heterocycles. The summed E-state index contributed by atoms with van der Waals surface area (Å²) in [6.45, 7) is 6.09. The number of methoxy groups -OCH3 is 1. The van der Waals surface area contributed by atoms with Crippen LogP contribution in [0.15, 0.2) is 53.9 Å². The summed E-state index contributed by atoms with van der Waals surface area (Å²) in [4.78, 5) is 32.4. The largest absolute Gasteiger partial charge is 0.497 e. The number of benzene rings is 2. The van der Waals surface area contributed by atoms with Crippen LogP contribution in [0.25, 0.3) is 0 Å². The molecule has 0 N–H and O–H groups in total. The molecule has 206 valence electrons. The zero-order valence-corrected chi connectivity index (χ0v) is 23.7. The Morgan fingerprint density at radius 1 is 1.15 bits per heavy atom. The fraction of sp³-hybridized carbons (Fsp3) is 0.419. The molecule has 3 heterocycles. The number of aryl methyl sites for hydroxylation is 2. The second-order valence-electron chi connectivity index (χ2n) is 10.3. The summed E-state index contributed by atoms with van der Waals surface area (Å²) in [7, 11) is 1.58. The SMILES string of the molecule is COc1cccc(C(=O)N(CC(=O)N2CCc3sccc3[C@H]2COc2ccc(C)cc2C)C[C@@H]2CCCO2)c1. The Morgan fingerprint density at radius 3 is 2.79 bits per heavy atom. The number of carbonyl (C=O) groups is 2. The lowest BCUT2D eigenvalue weighted by molar-refractivity contribution is -0.135. The minimum atomic E-state index is -0.218. The molecule has 0 saturated carbocycles. The number of hydrogen-bond acceptors (Lipinski definition) is 6. The summed E-state index contributed by atoms with van der Waals surface area (Å²) in [5, 5.41) is 2.08. The fourth-order valence-corrected chi connectivity index (χ4v) is 6.38. The molecule has 7 nitrogen and oxygen atoms in total. The second-order valence-corrected chi connectivity index (χ2v) is 11.3. The average molecular weight is 549 g/mol. The molecular weight excluding hydrogens is 512 g/mol.